The van der Waals surface area contributed by atoms with Crippen molar-refractivity contribution in [2.45, 2.75) is 25.4 Å². The molecule has 1 aliphatic heterocycles. The number of imidazole rings is 1. The second kappa shape index (κ2) is 4.92. The Kier molecular flexibility index (Phi) is 3.23. The highest BCUT2D eigenvalue weighted by Gasteiger charge is 2.29. The summed E-state index contributed by atoms with van der Waals surface area (Å²) >= 11 is 6.00. The highest BCUT2D eigenvalue weighted by atomic mass is 35.5. The minimum Gasteiger partial charge on any atom is -0.476 e. The summed E-state index contributed by atoms with van der Waals surface area (Å²) in [4.78, 5) is 15.7. The van der Waals surface area contributed by atoms with Gasteiger partial charge in [0, 0.05) is 23.2 Å². The van der Waals surface area contributed by atoms with E-state index in [1.54, 1.807) is 12.1 Å². The number of hydrogen-bond donors (Lipinski definition) is 2. The summed E-state index contributed by atoms with van der Waals surface area (Å²) in [5, 5.41) is 9.91. The van der Waals surface area contributed by atoms with E-state index in [0.717, 1.165) is 24.9 Å². The lowest BCUT2D eigenvalue weighted by Crippen LogP contribution is -2.23. The van der Waals surface area contributed by atoms with Gasteiger partial charge < -0.3 is 15.4 Å². The predicted octanol–water partition coefficient (Wildman–Crippen LogP) is 2.70. The number of aromatic carboxylic acids is 1. The smallest absolute Gasteiger partial charge is 0.356 e. The Labute approximate surface area is 121 Å². The van der Waals surface area contributed by atoms with Gasteiger partial charge in [-0.3, -0.25) is 0 Å². The zero-order valence-electron chi connectivity index (χ0n) is 10.7. The molecule has 0 radical (unpaired) electrons. The van der Waals surface area contributed by atoms with Crippen molar-refractivity contribution in [3.63, 3.8) is 0 Å². The highest BCUT2D eigenvalue weighted by molar-refractivity contribution is 6.30. The third kappa shape index (κ3) is 2.09. The lowest BCUT2D eigenvalue weighted by Gasteiger charge is -2.22. The van der Waals surface area contributed by atoms with E-state index in [4.69, 9.17) is 17.3 Å². The summed E-state index contributed by atoms with van der Waals surface area (Å²) in [5.41, 5.74) is 7.52. The number of halogens is 1. The molecule has 1 aromatic carbocycles. The third-order valence-corrected chi connectivity index (χ3v) is 3.78. The monoisotopic (exact) mass is 291 g/mol. The van der Waals surface area contributed by atoms with Crippen LogP contribution in [0.3, 0.4) is 0 Å². The van der Waals surface area contributed by atoms with Gasteiger partial charge >= 0.3 is 5.97 Å². The van der Waals surface area contributed by atoms with Crippen molar-refractivity contribution in [2.75, 3.05) is 0 Å². The van der Waals surface area contributed by atoms with Crippen LogP contribution < -0.4 is 5.73 Å². The van der Waals surface area contributed by atoms with Gasteiger partial charge in [0.15, 0.2) is 5.69 Å². The molecule has 1 atom stereocenters. The van der Waals surface area contributed by atoms with Gasteiger partial charge in [0.2, 0.25) is 0 Å². The molecule has 2 heterocycles. The van der Waals surface area contributed by atoms with E-state index >= 15 is 0 Å². The molecular formula is C14H14ClN3O2. The van der Waals surface area contributed by atoms with Gasteiger partial charge in [-0.1, -0.05) is 23.7 Å². The van der Waals surface area contributed by atoms with E-state index in [0.29, 0.717) is 16.5 Å². The average molecular weight is 292 g/mol. The van der Waals surface area contributed by atoms with Gasteiger partial charge in [-0.25, -0.2) is 9.78 Å². The number of fused-ring (bicyclic) bond motifs is 1. The Bertz CT molecular complexity index is 681. The molecule has 20 heavy (non-hydrogen) atoms. The van der Waals surface area contributed by atoms with E-state index in [9.17, 15) is 9.90 Å². The molecule has 104 valence electrons. The van der Waals surface area contributed by atoms with E-state index in [2.05, 4.69) is 4.98 Å². The minimum atomic E-state index is -1.04. The van der Waals surface area contributed by atoms with Crippen LogP contribution in [0.4, 0.5) is 0 Å². The van der Waals surface area contributed by atoms with E-state index in [1.165, 1.54) is 0 Å². The molecule has 3 rings (SSSR count). The minimum absolute atomic E-state index is 0.0483. The van der Waals surface area contributed by atoms with Gasteiger partial charge in [-0.05, 0) is 25.0 Å². The van der Waals surface area contributed by atoms with Crippen LogP contribution in [0.25, 0.3) is 11.4 Å². The number of benzene rings is 1. The number of rotatable bonds is 2. The average Bonchev–Trinajstić information content (AvgIpc) is 2.80. The SMILES string of the molecule is NC1CCCn2c(-c3cccc(Cl)c3)nc(C(=O)O)c21. The highest BCUT2D eigenvalue weighted by Crippen LogP contribution is 2.32. The zero-order chi connectivity index (χ0) is 14.3. The van der Waals surface area contributed by atoms with Crippen LogP contribution in [-0.2, 0) is 6.54 Å². The standard InChI is InChI=1S/C14H14ClN3O2/c15-9-4-1-3-8(7-9)13-17-11(14(19)20)12-10(16)5-2-6-18(12)13/h1,3-4,7,10H,2,5-6,16H2,(H,19,20). The largest absolute Gasteiger partial charge is 0.476 e. The molecule has 1 unspecified atom stereocenters. The fraction of sp³-hybridized carbons (Fsp3) is 0.286. The van der Waals surface area contributed by atoms with Crippen molar-refractivity contribution in [2.24, 2.45) is 5.73 Å². The van der Waals surface area contributed by atoms with Crippen molar-refractivity contribution in [1.82, 2.24) is 9.55 Å². The van der Waals surface area contributed by atoms with Crippen LogP contribution in [0.5, 0.6) is 0 Å². The lowest BCUT2D eigenvalue weighted by atomic mass is 10.0. The molecule has 0 saturated carbocycles. The number of nitrogens with zero attached hydrogens (tertiary/aromatic N) is 2. The fourth-order valence-electron chi connectivity index (χ4n) is 2.68. The van der Waals surface area contributed by atoms with Crippen molar-refractivity contribution in [1.29, 1.82) is 0 Å². The summed E-state index contributed by atoms with van der Waals surface area (Å²) in [6, 6.07) is 6.96. The molecule has 0 amide bonds. The lowest BCUT2D eigenvalue weighted by molar-refractivity contribution is 0.0688. The van der Waals surface area contributed by atoms with Gasteiger partial charge in [0.25, 0.3) is 0 Å². The normalized spacial score (nSPS) is 17.8. The zero-order valence-corrected chi connectivity index (χ0v) is 11.5. The summed E-state index contributed by atoms with van der Waals surface area (Å²) in [7, 11) is 0. The molecule has 0 fully saturated rings. The van der Waals surface area contributed by atoms with Gasteiger partial charge in [0.05, 0.1) is 5.69 Å². The fourth-order valence-corrected chi connectivity index (χ4v) is 2.87. The first-order valence-electron chi connectivity index (χ1n) is 6.43. The van der Waals surface area contributed by atoms with Crippen molar-refractivity contribution in [3.8, 4) is 11.4 Å². The summed E-state index contributed by atoms with van der Waals surface area (Å²) < 4.78 is 1.91. The first-order chi connectivity index (χ1) is 9.58. The van der Waals surface area contributed by atoms with Crippen LogP contribution in [0, 0.1) is 0 Å². The van der Waals surface area contributed by atoms with Crippen LogP contribution >= 0.6 is 11.6 Å². The van der Waals surface area contributed by atoms with Gasteiger partial charge in [-0.15, -0.1) is 0 Å². The predicted molar refractivity (Wildman–Crippen MR) is 75.8 cm³/mol. The Morgan fingerprint density at radius 2 is 2.30 bits per heavy atom. The summed E-state index contributed by atoms with van der Waals surface area (Å²) in [6.07, 6.45) is 1.69. The Hall–Kier alpha value is -1.85. The number of aromatic nitrogens is 2. The Morgan fingerprint density at radius 3 is 3.00 bits per heavy atom. The van der Waals surface area contributed by atoms with E-state index in [-0.39, 0.29) is 11.7 Å². The quantitative estimate of drug-likeness (QED) is 0.891. The first-order valence-corrected chi connectivity index (χ1v) is 6.81. The second-order valence-electron chi connectivity index (χ2n) is 4.89. The molecule has 0 bridgehead atoms. The summed E-state index contributed by atoms with van der Waals surface area (Å²) in [6.45, 7) is 0.727. The Morgan fingerprint density at radius 1 is 1.50 bits per heavy atom. The first kappa shape index (κ1) is 13.1. The topological polar surface area (TPSA) is 81.1 Å². The van der Waals surface area contributed by atoms with Gasteiger partial charge in [0.1, 0.15) is 5.82 Å². The van der Waals surface area contributed by atoms with Crippen LogP contribution in [0.2, 0.25) is 5.02 Å². The molecule has 1 aromatic heterocycles. The molecule has 0 spiro atoms. The molecule has 0 saturated heterocycles. The Balaban J connectivity index is 2.22. The maximum absolute atomic E-state index is 11.4. The molecule has 1 aliphatic rings. The van der Waals surface area contributed by atoms with E-state index in [1.807, 2.05) is 16.7 Å². The van der Waals surface area contributed by atoms with Crippen LogP contribution in [-0.4, -0.2) is 20.6 Å². The number of carbonyl (C=O) groups is 1. The van der Waals surface area contributed by atoms with Crippen molar-refractivity contribution in [3.05, 3.63) is 40.7 Å². The molecule has 0 aliphatic carbocycles. The number of nitrogens with two attached hydrogens (primary N) is 1. The molecule has 3 N–H and O–H groups in total. The molecule has 6 heteroatoms. The van der Waals surface area contributed by atoms with Crippen LogP contribution in [0.1, 0.15) is 35.1 Å². The maximum atomic E-state index is 11.4. The summed E-state index contributed by atoms with van der Waals surface area (Å²) in [5.74, 6) is -0.422. The second-order valence-corrected chi connectivity index (χ2v) is 5.32. The van der Waals surface area contributed by atoms with Crippen molar-refractivity contribution >= 4 is 17.6 Å². The maximum Gasteiger partial charge on any atom is 0.356 e. The van der Waals surface area contributed by atoms with Crippen LogP contribution in [0.15, 0.2) is 24.3 Å². The van der Waals surface area contributed by atoms with E-state index < -0.39 is 5.97 Å². The number of carboxylic acids is 1. The van der Waals surface area contributed by atoms with Crippen molar-refractivity contribution < 1.29 is 9.90 Å². The molecular weight excluding hydrogens is 278 g/mol. The third-order valence-electron chi connectivity index (χ3n) is 3.54. The number of hydrogen-bond acceptors (Lipinski definition) is 3. The molecule has 2 aromatic rings. The number of carboxylic acid groups (broad SMARTS) is 1. The molecule has 5 nitrogen and oxygen atoms in total. The van der Waals surface area contributed by atoms with Gasteiger partial charge in [-0.2, -0.15) is 0 Å².